The number of pyridine rings is 1. The zero-order valence-corrected chi connectivity index (χ0v) is 20.2. The van der Waals surface area contributed by atoms with Crippen LogP contribution in [0.25, 0.3) is 0 Å². The van der Waals surface area contributed by atoms with Crippen molar-refractivity contribution in [1.29, 1.82) is 0 Å². The van der Waals surface area contributed by atoms with Crippen molar-refractivity contribution in [3.63, 3.8) is 0 Å². The van der Waals surface area contributed by atoms with E-state index in [1.165, 1.54) is 16.7 Å². The molecular formula is C24H26ClN3O5S. The van der Waals surface area contributed by atoms with Crippen LogP contribution in [-0.2, 0) is 22.9 Å². The van der Waals surface area contributed by atoms with Gasteiger partial charge in [-0.2, -0.15) is 0 Å². The summed E-state index contributed by atoms with van der Waals surface area (Å²) in [5.74, 6) is -0.416. The molecule has 1 N–H and O–H groups in total. The SMILES string of the molecule is O=C(NCc1ccc(Cl)cc1)c1ccc2n(c1=O)CCN(CC1(S(=O)(=O)CC3CC3)CC1)C2=O. The van der Waals surface area contributed by atoms with Gasteiger partial charge in [0.25, 0.3) is 17.4 Å². The van der Waals surface area contributed by atoms with Gasteiger partial charge in [0.15, 0.2) is 9.84 Å². The largest absolute Gasteiger partial charge is 0.348 e. The molecule has 2 aliphatic carbocycles. The quantitative estimate of drug-likeness (QED) is 0.594. The van der Waals surface area contributed by atoms with Gasteiger partial charge in [0.05, 0.1) is 10.5 Å². The molecule has 2 fully saturated rings. The Morgan fingerprint density at radius 3 is 2.41 bits per heavy atom. The lowest BCUT2D eigenvalue weighted by atomic mass is 10.1. The number of hydrogen-bond acceptors (Lipinski definition) is 5. The van der Waals surface area contributed by atoms with Crippen molar-refractivity contribution in [2.45, 2.75) is 43.5 Å². The van der Waals surface area contributed by atoms with Gasteiger partial charge in [-0.3, -0.25) is 14.4 Å². The number of hydrogen-bond donors (Lipinski definition) is 1. The standard InChI is InChI=1S/C24H26ClN3O5S/c25-18-5-3-16(4-6-18)13-26-21(29)19-7-8-20-23(31)27(11-12-28(20)22(19)30)15-24(9-10-24)34(32,33)14-17-1-2-17/h3-8,17H,1-2,9-15H2,(H,26,29). The fourth-order valence-electron chi connectivity index (χ4n) is 4.50. The van der Waals surface area contributed by atoms with E-state index in [1.807, 2.05) is 0 Å². The van der Waals surface area contributed by atoms with Gasteiger partial charge < -0.3 is 14.8 Å². The third-order valence-corrected chi connectivity index (χ3v) is 10.0. The molecule has 5 rings (SSSR count). The summed E-state index contributed by atoms with van der Waals surface area (Å²) in [4.78, 5) is 40.3. The number of fused-ring (bicyclic) bond motifs is 1. The minimum Gasteiger partial charge on any atom is -0.348 e. The molecule has 0 radical (unpaired) electrons. The molecule has 2 amide bonds. The summed E-state index contributed by atoms with van der Waals surface area (Å²) in [6, 6.07) is 9.85. The monoisotopic (exact) mass is 503 g/mol. The Morgan fingerprint density at radius 1 is 1.06 bits per heavy atom. The molecule has 2 heterocycles. The normalized spacial score (nSPS) is 19.0. The molecule has 10 heteroatoms. The first-order valence-corrected chi connectivity index (χ1v) is 13.5. The molecular weight excluding hydrogens is 478 g/mol. The number of rotatable bonds is 8. The number of benzene rings is 1. The molecule has 34 heavy (non-hydrogen) atoms. The predicted molar refractivity (Wildman–Crippen MR) is 128 cm³/mol. The Balaban J connectivity index is 1.29. The first kappa shape index (κ1) is 23.1. The molecule has 180 valence electrons. The highest BCUT2D eigenvalue weighted by Crippen LogP contribution is 2.47. The Labute approximate surface area is 202 Å². The molecule has 8 nitrogen and oxygen atoms in total. The topological polar surface area (TPSA) is 106 Å². The lowest BCUT2D eigenvalue weighted by Gasteiger charge is -2.32. The van der Waals surface area contributed by atoms with Crippen LogP contribution in [0, 0.1) is 5.92 Å². The van der Waals surface area contributed by atoms with Gasteiger partial charge in [-0.05, 0) is 61.4 Å². The number of nitrogens with one attached hydrogen (secondary N) is 1. The van der Waals surface area contributed by atoms with Gasteiger partial charge in [-0.25, -0.2) is 8.42 Å². The van der Waals surface area contributed by atoms with Crippen molar-refractivity contribution >= 4 is 33.3 Å². The van der Waals surface area contributed by atoms with Crippen LogP contribution in [0.5, 0.6) is 0 Å². The second-order valence-electron chi connectivity index (χ2n) is 9.53. The van der Waals surface area contributed by atoms with Crippen molar-refractivity contribution in [1.82, 2.24) is 14.8 Å². The number of amides is 2. The highest BCUT2D eigenvalue weighted by Gasteiger charge is 2.56. The molecule has 3 aliphatic rings. The summed E-state index contributed by atoms with van der Waals surface area (Å²) in [5, 5.41) is 3.31. The number of aromatic nitrogens is 1. The molecule has 0 saturated heterocycles. The van der Waals surface area contributed by atoms with E-state index in [2.05, 4.69) is 5.32 Å². The predicted octanol–water partition coefficient (Wildman–Crippen LogP) is 2.24. The summed E-state index contributed by atoms with van der Waals surface area (Å²) >= 11 is 5.87. The third kappa shape index (κ3) is 4.38. The third-order valence-electron chi connectivity index (χ3n) is 6.98. The van der Waals surface area contributed by atoms with Crippen molar-refractivity contribution in [3.8, 4) is 0 Å². The molecule has 0 unspecified atom stereocenters. The maximum atomic E-state index is 13.1. The maximum absolute atomic E-state index is 13.1. The zero-order valence-electron chi connectivity index (χ0n) is 18.6. The van der Waals surface area contributed by atoms with Crippen LogP contribution in [0.4, 0.5) is 0 Å². The van der Waals surface area contributed by atoms with Gasteiger partial charge in [0, 0.05) is 31.2 Å². The molecule has 2 aromatic rings. The average Bonchev–Trinajstić information content (AvgIpc) is 3.73. The minimum atomic E-state index is -3.27. The van der Waals surface area contributed by atoms with E-state index in [9.17, 15) is 22.8 Å². The Bertz CT molecular complexity index is 1310. The van der Waals surface area contributed by atoms with Gasteiger partial charge in [0.1, 0.15) is 11.3 Å². The second-order valence-corrected chi connectivity index (χ2v) is 12.4. The van der Waals surface area contributed by atoms with Crippen molar-refractivity contribution < 1.29 is 18.0 Å². The fourth-order valence-corrected chi connectivity index (χ4v) is 7.01. The lowest BCUT2D eigenvalue weighted by Crippen LogP contribution is -2.50. The van der Waals surface area contributed by atoms with Crippen LogP contribution in [0.3, 0.4) is 0 Å². The van der Waals surface area contributed by atoms with Gasteiger partial charge in [-0.15, -0.1) is 0 Å². The molecule has 0 spiro atoms. The highest BCUT2D eigenvalue weighted by molar-refractivity contribution is 7.93. The molecule has 0 bridgehead atoms. The first-order chi connectivity index (χ1) is 16.2. The van der Waals surface area contributed by atoms with Crippen LogP contribution < -0.4 is 10.9 Å². The molecule has 1 aromatic carbocycles. The van der Waals surface area contributed by atoms with Gasteiger partial charge >= 0.3 is 0 Å². The number of carbonyl (C=O) groups is 2. The van der Waals surface area contributed by atoms with E-state index < -0.39 is 26.1 Å². The summed E-state index contributed by atoms with van der Waals surface area (Å²) in [5.41, 5.74) is 0.458. The maximum Gasteiger partial charge on any atom is 0.270 e. The van der Waals surface area contributed by atoms with Crippen molar-refractivity contribution in [2.24, 2.45) is 5.92 Å². The number of halogens is 1. The highest BCUT2D eigenvalue weighted by atomic mass is 35.5. The van der Waals surface area contributed by atoms with E-state index >= 15 is 0 Å². The summed E-state index contributed by atoms with van der Waals surface area (Å²) in [6.45, 7) is 0.860. The summed E-state index contributed by atoms with van der Waals surface area (Å²) in [7, 11) is -3.27. The minimum absolute atomic E-state index is 0.0374. The van der Waals surface area contributed by atoms with Gasteiger partial charge in [-0.1, -0.05) is 23.7 Å². The molecule has 2 saturated carbocycles. The van der Waals surface area contributed by atoms with Gasteiger partial charge in [0.2, 0.25) is 0 Å². The van der Waals surface area contributed by atoms with Crippen LogP contribution in [-0.4, -0.2) is 53.3 Å². The summed E-state index contributed by atoms with van der Waals surface area (Å²) < 4.78 is 26.3. The summed E-state index contributed by atoms with van der Waals surface area (Å²) in [6.07, 6.45) is 3.07. The number of nitrogens with zero attached hydrogens (tertiary/aromatic N) is 2. The number of sulfone groups is 1. The molecule has 1 aromatic heterocycles. The average molecular weight is 504 g/mol. The Morgan fingerprint density at radius 2 is 1.76 bits per heavy atom. The molecule has 1 aliphatic heterocycles. The lowest BCUT2D eigenvalue weighted by molar-refractivity contribution is 0.0695. The van der Waals surface area contributed by atoms with Crippen LogP contribution in [0.15, 0.2) is 41.2 Å². The van der Waals surface area contributed by atoms with E-state index in [-0.39, 0.29) is 55.0 Å². The van der Waals surface area contributed by atoms with Crippen molar-refractivity contribution in [3.05, 3.63) is 68.6 Å². The van der Waals surface area contributed by atoms with E-state index in [0.29, 0.717) is 17.9 Å². The van der Waals surface area contributed by atoms with Crippen LogP contribution >= 0.6 is 11.6 Å². The second kappa shape index (κ2) is 8.53. The number of carbonyl (C=O) groups excluding carboxylic acids is 2. The Hall–Kier alpha value is -2.65. The first-order valence-electron chi connectivity index (χ1n) is 11.5. The Kier molecular flexibility index (Phi) is 5.80. The van der Waals surface area contributed by atoms with E-state index in [4.69, 9.17) is 11.6 Å². The molecule has 0 atom stereocenters. The van der Waals surface area contributed by atoms with Crippen molar-refractivity contribution in [2.75, 3.05) is 18.8 Å². The van der Waals surface area contributed by atoms with Crippen LogP contribution in [0.1, 0.15) is 52.1 Å². The smallest absolute Gasteiger partial charge is 0.270 e. The van der Waals surface area contributed by atoms with E-state index in [1.54, 1.807) is 29.2 Å². The van der Waals surface area contributed by atoms with E-state index in [0.717, 1.165) is 18.4 Å². The van der Waals surface area contributed by atoms with Crippen LogP contribution in [0.2, 0.25) is 5.02 Å². The zero-order chi connectivity index (χ0) is 24.1. The fraction of sp³-hybridized carbons (Fsp3) is 0.458.